The zero-order valence-corrected chi connectivity index (χ0v) is 18.0. The number of fused-ring (bicyclic) bond motifs is 1. The van der Waals surface area contributed by atoms with Gasteiger partial charge < -0.3 is 9.64 Å². The van der Waals surface area contributed by atoms with Crippen molar-refractivity contribution < 1.29 is 13.9 Å². The van der Waals surface area contributed by atoms with Crippen molar-refractivity contribution in [2.45, 2.75) is 32.4 Å². The number of carbonyl (C=O) groups is 1. The Labute approximate surface area is 176 Å². The van der Waals surface area contributed by atoms with E-state index >= 15 is 0 Å². The lowest BCUT2D eigenvalue weighted by Crippen LogP contribution is -2.36. The smallest absolute Gasteiger partial charge is 0.264 e. The predicted molar refractivity (Wildman–Crippen MR) is 114 cm³/mol. The molecule has 1 unspecified atom stereocenters. The molecule has 3 nitrogen and oxygen atoms in total. The van der Waals surface area contributed by atoms with Crippen LogP contribution < -0.4 is 0 Å². The Balaban J connectivity index is 1.64. The minimum absolute atomic E-state index is 0.0549. The maximum atomic E-state index is 14.1. The molecule has 1 aliphatic rings. The molecule has 6 heteroatoms. The number of aryl methyl sites for hydroxylation is 1. The van der Waals surface area contributed by atoms with Gasteiger partial charge >= 0.3 is 0 Å². The fourth-order valence-corrected chi connectivity index (χ4v) is 5.19. The number of benzene rings is 2. The Morgan fingerprint density at radius 1 is 1.32 bits per heavy atom. The van der Waals surface area contributed by atoms with Gasteiger partial charge in [0, 0.05) is 34.3 Å². The summed E-state index contributed by atoms with van der Waals surface area (Å²) < 4.78 is 21.6. The molecule has 28 heavy (non-hydrogen) atoms. The number of thiophene rings is 1. The first-order valence-corrected chi connectivity index (χ1v) is 11.0. The summed E-state index contributed by atoms with van der Waals surface area (Å²) in [5.74, 6) is -0.372. The van der Waals surface area contributed by atoms with E-state index in [1.165, 1.54) is 17.4 Å². The van der Waals surface area contributed by atoms with Crippen LogP contribution in [0.15, 0.2) is 46.9 Å². The third-order valence-corrected chi connectivity index (χ3v) is 6.85. The average molecular weight is 462 g/mol. The fourth-order valence-electron chi connectivity index (χ4n) is 3.53. The van der Waals surface area contributed by atoms with E-state index in [0.29, 0.717) is 23.4 Å². The van der Waals surface area contributed by atoms with Crippen LogP contribution in [0.2, 0.25) is 0 Å². The highest BCUT2D eigenvalue weighted by Gasteiger charge is 2.25. The van der Waals surface area contributed by atoms with Crippen molar-refractivity contribution in [1.29, 1.82) is 0 Å². The summed E-state index contributed by atoms with van der Waals surface area (Å²) in [4.78, 5) is 15.7. The number of amides is 1. The van der Waals surface area contributed by atoms with Crippen molar-refractivity contribution in [3.63, 3.8) is 0 Å². The van der Waals surface area contributed by atoms with Crippen LogP contribution in [0.25, 0.3) is 10.1 Å². The van der Waals surface area contributed by atoms with Gasteiger partial charge in [-0.25, -0.2) is 4.39 Å². The highest BCUT2D eigenvalue weighted by Crippen LogP contribution is 2.30. The van der Waals surface area contributed by atoms with Crippen molar-refractivity contribution in [2.24, 2.45) is 0 Å². The lowest BCUT2D eigenvalue weighted by atomic mass is 10.1. The molecule has 0 aliphatic carbocycles. The molecule has 1 amide bonds. The Kier molecular flexibility index (Phi) is 5.80. The normalized spacial score (nSPS) is 16.6. The average Bonchev–Trinajstić information content (AvgIpc) is 3.33. The second kappa shape index (κ2) is 8.31. The van der Waals surface area contributed by atoms with Gasteiger partial charge in [-0.3, -0.25) is 4.79 Å². The lowest BCUT2D eigenvalue weighted by molar-refractivity contribution is 0.0510. The van der Waals surface area contributed by atoms with E-state index in [4.69, 9.17) is 4.74 Å². The molecule has 2 heterocycles. The maximum absolute atomic E-state index is 14.1. The molecular weight excluding hydrogens is 441 g/mol. The van der Waals surface area contributed by atoms with Gasteiger partial charge in [0.05, 0.1) is 11.0 Å². The van der Waals surface area contributed by atoms with Crippen LogP contribution in [0.3, 0.4) is 0 Å². The molecule has 2 aromatic carbocycles. The van der Waals surface area contributed by atoms with E-state index in [2.05, 4.69) is 22.0 Å². The number of halogens is 2. The quantitative estimate of drug-likeness (QED) is 0.470. The molecule has 146 valence electrons. The summed E-state index contributed by atoms with van der Waals surface area (Å²) in [6.07, 6.45) is 2.04. The van der Waals surface area contributed by atoms with E-state index < -0.39 is 0 Å². The van der Waals surface area contributed by atoms with Crippen molar-refractivity contribution in [2.75, 3.05) is 13.2 Å². The van der Waals surface area contributed by atoms with Gasteiger partial charge in [0.1, 0.15) is 5.82 Å². The molecule has 0 bridgehead atoms. The highest BCUT2D eigenvalue weighted by atomic mass is 79.9. The first-order valence-electron chi connectivity index (χ1n) is 9.35. The molecule has 3 aromatic rings. The summed E-state index contributed by atoms with van der Waals surface area (Å²) in [5, 5.41) is 0.504. The monoisotopic (exact) mass is 461 g/mol. The summed E-state index contributed by atoms with van der Waals surface area (Å²) in [6.45, 7) is 3.80. The maximum Gasteiger partial charge on any atom is 0.264 e. The highest BCUT2D eigenvalue weighted by molar-refractivity contribution is 9.10. The second-order valence-electron chi connectivity index (χ2n) is 7.18. The molecule has 0 radical (unpaired) electrons. The third-order valence-electron chi connectivity index (χ3n) is 5.02. The van der Waals surface area contributed by atoms with E-state index in [-0.39, 0.29) is 17.8 Å². The first kappa shape index (κ1) is 19.6. The number of rotatable bonds is 5. The molecule has 1 atom stereocenters. The molecule has 1 saturated heterocycles. The Hall–Kier alpha value is -1.76. The minimum Gasteiger partial charge on any atom is -0.376 e. The van der Waals surface area contributed by atoms with Crippen LogP contribution in [-0.2, 0) is 11.3 Å². The topological polar surface area (TPSA) is 29.5 Å². The minimum atomic E-state index is -0.292. The van der Waals surface area contributed by atoms with Gasteiger partial charge in [0.25, 0.3) is 5.91 Å². The van der Waals surface area contributed by atoms with E-state index in [1.807, 2.05) is 30.0 Å². The standard InChI is InChI=1S/C22H21BrFNO2S/c1-14-7-8-15(18(23)10-14)12-25(13-16-4-3-9-27-16)22(26)21-11-17-19(24)5-2-6-20(17)28-21/h2,5-8,10-11,16H,3-4,9,12-13H2,1H3. The first-order chi connectivity index (χ1) is 13.5. The second-order valence-corrected chi connectivity index (χ2v) is 9.12. The molecule has 0 spiro atoms. The van der Waals surface area contributed by atoms with Gasteiger partial charge in [-0.15, -0.1) is 11.3 Å². The number of hydrogen-bond acceptors (Lipinski definition) is 3. The van der Waals surface area contributed by atoms with Crippen LogP contribution in [0.4, 0.5) is 4.39 Å². The molecule has 1 fully saturated rings. The Bertz CT molecular complexity index is 1010. The van der Waals surface area contributed by atoms with Crippen molar-refractivity contribution >= 4 is 43.3 Å². The van der Waals surface area contributed by atoms with Crippen molar-refractivity contribution in [3.05, 3.63) is 68.8 Å². The van der Waals surface area contributed by atoms with Crippen LogP contribution in [0, 0.1) is 12.7 Å². The number of hydrogen-bond donors (Lipinski definition) is 0. The zero-order valence-electron chi connectivity index (χ0n) is 15.6. The molecule has 4 rings (SSSR count). The lowest BCUT2D eigenvalue weighted by Gasteiger charge is -2.25. The molecule has 0 saturated carbocycles. The van der Waals surface area contributed by atoms with Gasteiger partial charge in [0.2, 0.25) is 0 Å². The molecule has 0 N–H and O–H groups in total. The summed E-state index contributed by atoms with van der Waals surface area (Å²) >= 11 is 4.95. The Morgan fingerprint density at radius 3 is 2.89 bits per heavy atom. The van der Waals surface area contributed by atoms with Crippen LogP contribution >= 0.6 is 27.3 Å². The van der Waals surface area contributed by atoms with Crippen molar-refractivity contribution in [1.82, 2.24) is 4.90 Å². The number of nitrogens with zero attached hydrogens (tertiary/aromatic N) is 1. The fraction of sp³-hybridized carbons (Fsp3) is 0.318. The van der Waals surface area contributed by atoms with Crippen LogP contribution in [-0.4, -0.2) is 30.1 Å². The zero-order chi connectivity index (χ0) is 19.7. The third kappa shape index (κ3) is 4.14. The SMILES string of the molecule is Cc1ccc(CN(CC2CCCO2)C(=O)c2cc3c(F)cccc3s2)c(Br)c1. The van der Waals surface area contributed by atoms with E-state index in [9.17, 15) is 9.18 Å². The summed E-state index contributed by atoms with van der Waals surface area (Å²) in [7, 11) is 0. The van der Waals surface area contributed by atoms with Gasteiger partial charge in [-0.05, 0) is 55.2 Å². The number of ether oxygens (including phenoxy) is 1. The van der Waals surface area contributed by atoms with Crippen LogP contribution in [0.5, 0.6) is 0 Å². The number of carbonyl (C=O) groups excluding carboxylic acids is 1. The molecule has 1 aliphatic heterocycles. The summed E-state index contributed by atoms with van der Waals surface area (Å²) in [5.41, 5.74) is 2.21. The Morgan fingerprint density at radius 2 is 2.18 bits per heavy atom. The molecular formula is C22H21BrFNO2S. The molecule has 1 aromatic heterocycles. The predicted octanol–water partition coefficient (Wildman–Crippen LogP) is 5.93. The van der Waals surface area contributed by atoms with Crippen molar-refractivity contribution in [3.8, 4) is 0 Å². The van der Waals surface area contributed by atoms with E-state index in [0.717, 1.165) is 39.7 Å². The van der Waals surface area contributed by atoms with Gasteiger partial charge in [-0.2, -0.15) is 0 Å². The summed E-state index contributed by atoms with van der Waals surface area (Å²) in [6, 6.07) is 12.8. The van der Waals surface area contributed by atoms with Crippen LogP contribution in [0.1, 0.15) is 33.6 Å². The van der Waals surface area contributed by atoms with Gasteiger partial charge in [0.15, 0.2) is 0 Å². The van der Waals surface area contributed by atoms with E-state index in [1.54, 1.807) is 12.1 Å². The largest absolute Gasteiger partial charge is 0.376 e. The van der Waals surface area contributed by atoms with Gasteiger partial charge in [-0.1, -0.05) is 34.1 Å².